The van der Waals surface area contributed by atoms with E-state index >= 15 is 0 Å². The van der Waals surface area contributed by atoms with Gasteiger partial charge in [-0.25, -0.2) is 13.1 Å². The number of nitro benzene ring substituents is 1. The fraction of sp³-hybridized carbons (Fsp3) is 0.625. The van der Waals surface area contributed by atoms with Crippen molar-refractivity contribution < 1.29 is 13.3 Å². The second-order valence-electron chi connectivity index (χ2n) is 6.54. The van der Waals surface area contributed by atoms with Gasteiger partial charge in [-0.1, -0.05) is 25.7 Å². The fourth-order valence-corrected chi connectivity index (χ4v) is 4.24. The van der Waals surface area contributed by atoms with Gasteiger partial charge in [0.1, 0.15) is 5.69 Å². The van der Waals surface area contributed by atoms with E-state index in [2.05, 4.69) is 10.0 Å². The van der Waals surface area contributed by atoms with Crippen molar-refractivity contribution in [1.82, 2.24) is 4.72 Å². The molecule has 0 heterocycles. The molecule has 0 radical (unpaired) electrons. The van der Waals surface area contributed by atoms with E-state index in [-0.39, 0.29) is 22.7 Å². The van der Waals surface area contributed by atoms with E-state index in [9.17, 15) is 18.5 Å². The van der Waals surface area contributed by atoms with E-state index in [4.69, 9.17) is 0 Å². The first kappa shape index (κ1) is 18.7. The molecule has 0 unspecified atom stereocenters. The minimum absolute atomic E-state index is 0.0886. The number of hydrogen-bond acceptors (Lipinski definition) is 5. The summed E-state index contributed by atoms with van der Waals surface area (Å²) in [4.78, 5) is 10.8. The van der Waals surface area contributed by atoms with Crippen LogP contribution in [0.1, 0.15) is 52.4 Å². The normalized spacial score (nSPS) is 16.8. The monoisotopic (exact) mass is 355 g/mol. The van der Waals surface area contributed by atoms with Crippen molar-refractivity contribution >= 4 is 21.4 Å². The van der Waals surface area contributed by atoms with Crippen LogP contribution in [0.25, 0.3) is 0 Å². The molecule has 1 aliphatic rings. The molecule has 8 heteroatoms. The summed E-state index contributed by atoms with van der Waals surface area (Å²) in [6.07, 6.45) is 6.56. The molecule has 1 aromatic carbocycles. The second-order valence-corrected chi connectivity index (χ2v) is 8.26. The molecule has 0 aromatic heterocycles. The van der Waals surface area contributed by atoms with Crippen LogP contribution in [0, 0.1) is 10.1 Å². The molecule has 134 valence electrons. The molecule has 0 aliphatic heterocycles. The smallest absolute Gasteiger partial charge is 0.293 e. The second kappa shape index (κ2) is 7.94. The van der Waals surface area contributed by atoms with Gasteiger partial charge in [-0.05, 0) is 38.8 Å². The SMILES string of the molecule is CC(C)NS(=O)(=O)c1ccc(NC2CCCCCC2)c([N+](=O)[O-])c1. The lowest BCUT2D eigenvalue weighted by atomic mass is 10.1. The molecular formula is C16H25N3O4S. The topological polar surface area (TPSA) is 101 Å². The first-order valence-corrected chi connectivity index (χ1v) is 9.85. The van der Waals surface area contributed by atoms with Gasteiger partial charge in [0, 0.05) is 18.2 Å². The van der Waals surface area contributed by atoms with Crippen LogP contribution in [0.5, 0.6) is 0 Å². The average Bonchev–Trinajstić information content (AvgIpc) is 2.74. The van der Waals surface area contributed by atoms with Crippen LogP contribution in [-0.2, 0) is 10.0 Å². The molecule has 0 atom stereocenters. The highest BCUT2D eigenvalue weighted by Gasteiger charge is 2.23. The minimum atomic E-state index is -3.75. The molecule has 0 spiro atoms. The van der Waals surface area contributed by atoms with Crippen molar-refractivity contribution in [1.29, 1.82) is 0 Å². The Kier molecular flexibility index (Phi) is 6.17. The molecule has 2 N–H and O–H groups in total. The number of rotatable bonds is 6. The van der Waals surface area contributed by atoms with Crippen LogP contribution < -0.4 is 10.0 Å². The first-order chi connectivity index (χ1) is 11.3. The van der Waals surface area contributed by atoms with Crippen molar-refractivity contribution in [3.05, 3.63) is 28.3 Å². The summed E-state index contributed by atoms with van der Waals surface area (Å²) in [7, 11) is -3.75. The Bertz CT molecular complexity index is 681. The third-order valence-corrected chi connectivity index (χ3v) is 5.74. The molecule has 7 nitrogen and oxygen atoms in total. The number of nitro groups is 1. The zero-order valence-electron chi connectivity index (χ0n) is 14.1. The molecule has 0 saturated heterocycles. The largest absolute Gasteiger partial charge is 0.377 e. The van der Waals surface area contributed by atoms with Gasteiger partial charge in [0.15, 0.2) is 0 Å². The summed E-state index contributed by atoms with van der Waals surface area (Å²) >= 11 is 0. The Labute approximate surface area is 143 Å². The lowest BCUT2D eigenvalue weighted by Gasteiger charge is -2.18. The van der Waals surface area contributed by atoms with Crippen molar-refractivity contribution in [2.75, 3.05) is 5.32 Å². The number of sulfonamides is 1. The molecule has 0 amide bonds. The first-order valence-electron chi connectivity index (χ1n) is 8.37. The molecule has 1 saturated carbocycles. The summed E-state index contributed by atoms with van der Waals surface area (Å²) < 4.78 is 26.9. The van der Waals surface area contributed by atoms with Gasteiger partial charge in [0.25, 0.3) is 5.69 Å². The van der Waals surface area contributed by atoms with Crippen LogP contribution in [0.3, 0.4) is 0 Å². The Hall–Kier alpha value is -1.67. The molecule has 1 aliphatic carbocycles. The molecular weight excluding hydrogens is 330 g/mol. The summed E-state index contributed by atoms with van der Waals surface area (Å²) in [5.41, 5.74) is 0.182. The highest BCUT2D eigenvalue weighted by Crippen LogP contribution is 2.30. The van der Waals surface area contributed by atoms with Gasteiger partial charge < -0.3 is 5.32 Å². The van der Waals surface area contributed by atoms with Crippen LogP contribution >= 0.6 is 0 Å². The van der Waals surface area contributed by atoms with Gasteiger partial charge in [0.2, 0.25) is 10.0 Å². The Morgan fingerprint density at radius 2 is 1.79 bits per heavy atom. The van der Waals surface area contributed by atoms with Gasteiger partial charge in [0.05, 0.1) is 9.82 Å². The Morgan fingerprint density at radius 1 is 1.17 bits per heavy atom. The molecule has 0 bridgehead atoms. The molecule has 2 rings (SSSR count). The van der Waals surface area contributed by atoms with Crippen LogP contribution in [0.2, 0.25) is 0 Å². The Morgan fingerprint density at radius 3 is 2.33 bits per heavy atom. The van der Waals surface area contributed by atoms with Gasteiger partial charge in [-0.3, -0.25) is 10.1 Å². The third kappa shape index (κ3) is 4.91. The van der Waals surface area contributed by atoms with E-state index in [0.717, 1.165) is 31.7 Å². The predicted molar refractivity (Wildman–Crippen MR) is 93.7 cm³/mol. The Balaban J connectivity index is 2.28. The van der Waals surface area contributed by atoms with Crippen molar-refractivity contribution in [2.45, 2.75) is 69.4 Å². The van der Waals surface area contributed by atoms with Gasteiger partial charge >= 0.3 is 0 Å². The molecule has 1 aromatic rings. The van der Waals surface area contributed by atoms with E-state index in [0.29, 0.717) is 5.69 Å². The highest BCUT2D eigenvalue weighted by atomic mass is 32.2. The van der Waals surface area contributed by atoms with Crippen LogP contribution in [-0.4, -0.2) is 25.4 Å². The van der Waals surface area contributed by atoms with Crippen LogP contribution in [0.4, 0.5) is 11.4 Å². The highest BCUT2D eigenvalue weighted by molar-refractivity contribution is 7.89. The zero-order valence-corrected chi connectivity index (χ0v) is 14.9. The number of benzene rings is 1. The molecule has 1 fully saturated rings. The van der Waals surface area contributed by atoms with Crippen LogP contribution in [0.15, 0.2) is 23.1 Å². The molecule has 24 heavy (non-hydrogen) atoms. The maximum Gasteiger partial charge on any atom is 0.293 e. The lowest BCUT2D eigenvalue weighted by molar-refractivity contribution is -0.384. The minimum Gasteiger partial charge on any atom is -0.377 e. The average molecular weight is 355 g/mol. The third-order valence-electron chi connectivity index (χ3n) is 4.08. The van der Waals surface area contributed by atoms with E-state index < -0.39 is 14.9 Å². The summed E-state index contributed by atoms with van der Waals surface area (Å²) in [5, 5.41) is 14.6. The fourth-order valence-electron chi connectivity index (χ4n) is 2.97. The van der Waals surface area contributed by atoms with Crippen molar-refractivity contribution in [3.8, 4) is 0 Å². The standard InChI is InChI=1S/C16H25N3O4S/c1-12(2)18-24(22,23)14-9-10-15(16(11-14)19(20)21)17-13-7-5-3-4-6-8-13/h9-13,17-18H,3-8H2,1-2H3. The van der Waals surface area contributed by atoms with E-state index in [1.807, 2.05) is 0 Å². The quantitative estimate of drug-likeness (QED) is 0.462. The van der Waals surface area contributed by atoms with Gasteiger partial charge in [-0.15, -0.1) is 0 Å². The maximum atomic E-state index is 12.2. The van der Waals surface area contributed by atoms with Gasteiger partial charge in [-0.2, -0.15) is 0 Å². The number of anilines is 1. The zero-order chi connectivity index (χ0) is 17.7. The number of hydrogen-bond donors (Lipinski definition) is 2. The predicted octanol–water partition coefficient (Wildman–Crippen LogP) is 3.42. The summed E-state index contributed by atoms with van der Waals surface area (Å²) in [6, 6.07) is 3.96. The summed E-state index contributed by atoms with van der Waals surface area (Å²) in [5.74, 6) is 0. The lowest BCUT2D eigenvalue weighted by Crippen LogP contribution is -2.30. The van der Waals surface area contributed by atoms with Crippen molar-refractivity contribution in [2.24, 2.45) is 0 Å². The summed E-state index contributed by atoms with van der Waals surface area (Å²) in [6.45, 7) is 3.40. The number of nitrogens with one attached hydrogen (secondary N) is 2. The maximum absolute atomic E-state index is 12.2. The van der Waals surface area contributed by atoms with E-state index in [1.165, 1.54) is 25.0 Å². The number of nitrogens with zero attached hydrogens (tertiary/aromatic N) is 1. The van der Waals surface area contributed by atoms with E-state index in [1.54, 1.807) is 13.8 Å². The van der Waals surface area contributed by atoms with Crippen molar-refractivity contribution in [3.63, 3.8) is 0 Å².